The fourth-order valence-corrected chi connectivity index (χ4v) is 1.14. The van der Waals surface area contributed by atoms with Gasteiger partial charge in [0.25, 0.3) is 0 Å². The van der Waals surface area contributed by atoms with Crippen molar-refractivity contribution >= 4 is 5.97 Å². The Balaban J connectivity index is 2.37. The van der Waals surface area contributed by atoms with E-state index in [1.165, 1.54) is 4.68 Å². The lowest BCUT2D eigenvalue weighted by molar-refractivity contribution is -0.136. The average molecular weight is 205 g/mol. The molecule has 2 rings (SSSR count). The molecule has 0 saturated carbocycles. The van der Waals surface area contributed by atoms with Crippen LogP contribution >= 0.6 is 0 Å². The zero-order chi connectivity index (χ0) is 10.7. The Labute approximate surface area is 84.4 Å². The molecule has 7 heteroatoms. The van der Waals surface area contributed by atoms with Gasteiger partial charge in [0, 0.05) is 12.4 Å². The van der Waals surface area contributed by atoms with Gasteiger partial charge in [-0.05, 0) is 22.6 Å². The van der Waals surface area contributed by atoms with Gasteiger partial charge in [-0.3, -0.25) is 9.78 Å². The molecule has 0 atom stereocenters. The summed E-state index contributed by atoms with van der Waals surface area (Å²) in [5.74, 6) is -0.686. The molecule has 0 fully saturated rings. The highest BCUT2D eigenvalue weighted by Crippen LogP contribution is 2.05. The topological polar surface area (TPSA) is 93.8 Å². The third-order valence-corrected chi connectivity index (χ3v) is 1.75. The molecule has 0 aliphatic carbocycles. The second-order valence-electron chi connectivity index (χ2n) is 2.78. The van der Waals surface area contributed by atoms with Gasteiger partial charge in [0.15, 0.2) is 5.82 Å². The minimum absolute atomic E-state index is 0.213. The van der Waals surface area contributed by atoms with Crippen LogP contribution in [0.25, 0.3) is 5.69 Å². The standard InChI is InChI=1S/C8H7N5O2/c14-8(15)5-7-10-11-12-13(7)6-1-3-9-4-2-6/h1-4H,5H2,(H,14,15). The molecular formula is C8H7N5O2. The van der Waals surface area contributed by atoms with E-state index < -0.39 is 5.97 Å². The molecule has 0 aromatic carbocycles. The fraction of sp³-hybridized carbons (Fsp3) is 0.125. The molecule has 0 radical (unpaired) electrons. The zero-order valence-corrected chi connectivity index (χ0v) is 7.61. The van der Waals surface area contributed by atoms with E-state index in [1.807, 2.05) is 0 Å². The number of hydrogen-bond acceptors (Lipinski definition) is 5. The van der Waals surface area contributed by atoms with Crippen molar-refractivity contribution in [1.82, 2.24) is 25.2 Å². The van der Waals surface area contributed by atoms with Gasteiger partial charge in [0.1, 0.15) is 6.42 Å². The molecule has 7 nitrogen and oxygen atoms in total. The van der Waals surface area contributed by atoms with Crippen LogP contribution in [0.3, 0.4) is 0 Å². The Hall–Kier alpha value is -2.31. The molecule has 0 saturated heterocycles. The average Bonchev–Trinajstić information content (AvgIpc) is 2.66. The molecule has 76 valence electrons. The van der Waals surface area contributed by atoms with Gasteiger partial charge in [-0.25, -0.2) is 0 Å². The molecule has 2 heterocycles. The molecular weight excluding hydrogens is 198 g/mol. The van der Waals surface area contributed by atoms with Gasteiger partial charge in [-0.15, -0.1) is 5.10 Å². The van der Waals surface area contributed by atoms with Crippen LogP contribution in [0, 0.1) is 0 Å². The third kappa shape index (κ3) is 1.96. The highest BCUT2D eigenvalue weighted by Gasteiger charge is 2.11. The first-order valence-electron chi connectivity index (χ1n) is 4.17. The van der Waals surface area contributed by atoms with Crippen LogP contribution in [0.2, 0.25) is 0 Å². The van der Waals surface area contributed by atoms with Gasteiger partial charge in [-0.2, -0.15) is 4.68 Å². The molecule has 2 aromatic heterocycles. The summed E-state index contributed by atoms with van der Waals surface area (Å²) in [6.07, 6.45) is 2.96. The van der Waals surface area contributed by atoms with Gasteiger partial charge in [0.2, 0.25) is 0 Å². The first-order valence-corrected chi connectivity index (χ1v) is 4.17. The van der Waals surface area contributed by atoms with Crippen molar-refractivity contribution in [3.63, 3.8) is 0 Å². The second-order valence-corrected chi connectivity index (χ2v) is 2.78. The van der Waals surface area contributed by atoms with Crippen LogP contribution in [-0.4, -0.2) is 36.3 Å². The summed E-state index contributed by atoms with van der Waals surface area (Å²) in [6, 6.07) is 3.39. The fourth-order valence-electron chi connectivity index (χ4n) is 1.14. The highest BCUT2D eigenvalue weighted by atomic mass is 16.4. The van der Waals surface area contributed by atoms with Crippen LogP contribution in [0.15, 0.2) is 24.5 Å². The maximum atomic E-state index is 10.5. The maximum absolute atomic E-state index is 10.5. The summed E-state index contributed by atoms with van der Waals surface area (Å²) in [7, 11) is 0. The molecule has 0 spiro atoms. The van der Waals surface area contributed by atoms with Gasteiger partial charge < -0.3 is 5.11 Å². The van der Waals surface area contributed by atoms with Gasteiger partial charge >= 0.3 is 5.97 Å². The molecule has 0 bridgehead atoms. The Morgan fingerprint density at radius 3 is 2.80 bits per heavy atom. The SMILES string of the molecule is O=C(O)Cc1nnnn1-c1ccncc1. The second kappa shape index (κ2) is 3.82. The van der Waals surface area contributed by atoms with Crippen molar-refractivity contribution < 1.29 is 9.90 Å². The molecule has 0 aliphatic rings. The van der Waals surface area contributed by atoms with Crippen LogP contribution in [0.5, 0.6) is 0 Å². The lowest BCUT2D eigenvalue weighted by atomic mass is 10.3. The lowest BCUT2D eigenvalue weighted by Crippen LogP contribution is -2.09. The predicted octanol–water partition coefficient (Wildman–Crippen LogP) is -0.316. The summed E-state index contributed by atoms with van der Waals surface area (Å²) in [5.41, 5.74) is 0.686. The number of carboxylic acids is 1. The molecule has 1 N–H and O–H groups in total. The Morgan fingerprint density at radius 2 is 2.13 bits per heavy atom. The van der Waals surface area contributed by atoms with E-state index in [2.05, 4.69) is 20.5 Å². The van der Waals surface area contributed by atoms with Crippen molar-refractivity contribution in [2.45, 2.75) is 6.42 Å². The largest absolute Gasteiger partial charge is 0.481 e. The van der Waals surface area contributed by atoms with Crippen molar-refractivity contribution in [2.24, 2.45) is 0 Å². The lowest BCUT2D eigenvalue weighted by Gasteiger charge is -2.00. The summed E-state index contributed by atoms with van der Waals surface area (Å²) in [6.45, 7) is 0. The van der Waals surface area contributed by atoms with E-state index in [0.717, 1.165) is 0 Å². The predicted molar refractivity (Wildman–Crippen MR) is 48.3 cm³/mol. The van der Waals surface area contributed by atoms with Crippen molar-refractivity contribution in [3.8, 4) is 5.69 Å². The monoisotopic (exact) mass is 205 g/mol. The van der Waals surface area contributed by atoms with Crippen LogP contribution in [0.4, 0.5) is 0 Å². The van der Waals surface area contributed by atoms with E-state index in [-0.39, 0.29) is 12.2 Å². The number of aliphatic carboxylic acids is 1. The molecule has 0 amide bonds. The van der Waals surface area contributed by atoms with Gasteiger partial charge in [-0.1, -0.05) is 0 Å². The number of tetrazole rings is 1. The minimum Gasteiger partial charge on any atom is -0.481 e. The van der Waals surface area contributed by atoms with E-state index in [0.29, 0.717) is 5.69 Å². The Kier molecular flexibility index (Phi) is 2.36. The summed E-state index contributed by atoms with van der Waals surface area (Å²) < 4.78 is 1.37. The molecule has 2 aromatic rings. The maximum Gasteiger partial charge on any atom is 0.311 e. The summed E-state index contributed by atoms with van der Waals surface area (Å²) in [4.78, 5) is 14.4. The van der Waals surface area contributed by atoms with Crippen LogP contribution in [0.1, 0.15) is 5.82 Å². The zero-order valence-electron chi connectivity index (χ0n) is 7.61. The number of aromatic nitrogens is 5. The number of nitrogens with zero attached hydrogens (tertiary/aromatic N) is 5. The van der Waals surface area contributed by atoms with Gasteiger partial charge in [0.05, 0.1) is 5.69 Å². The number of carbonyl (C=O) groups is 1. The first kappa shape index (κ1) is 9.25. The van der Waals surface area contributed by atoms with E-state index >= 15 is 0 Å². The smallest absolute Gasteiger partial charge is 0.311 e. The minimum atomic E-state index is -0.972. The molecule has 0 unspecified atom stereocenters. The highest BCUT2D eigenvalue weighted by molar-refractivity contribution is 5.69. The van der Waals surface area contributed by atoms with E-state index in [1.54, 1.807) is 24.5 Å². The normalized spacial score (nSPS) is 10.1. The quantitative estimate of drug-likeness (QED) is 0.738. The Morgan fingerprint density at radius 1 is 1.40 bits per heavy atom. The van der Waals surface area contributed by atoms with Crippen LogP contribution in [-0.2, 0) is 11.2 Å². The number of rotatable bonds is 3. The van der Waals surface area contributed by atoms with Crippen molar-refractivity contribution in [1.29, 1.82) is 0 Å². The number of carboxylic acid groups (broad SMARTS) is 1. The molecule has 15 heavy (non-hydrogen) atoms. The van der Waals surface area contributed by atoms with Crippen molar-refractivity contribution in [2.75, 3.05) is 0 Å². The van der Waals surface area contributed by atoms with E-state index in [4.69, 9.17) is 5.11 Å². The van der Waals surface area contributed by atoms with Crippen LogP contribution < -0.4 is 0 Å². The number of pyridine rings is 1. The Bertz CT molecular complexity index is 467. The first-order chi connectivity index (χ1) is 7.27. The molecule has 0 aliphatic heterocycles. The summed E-state index contributed by atoms with van der Waals surface area (Å²) >= 11 is 0. The van der Waals surface area contributed by atoms with E-state index in [9.17, 15) is 4.79 Å². The van der Waals surface area contributed by atoms with Crippen molar-refractivity contribution in [3.05, 3.63) is 30.4 Å². The summed E-state index contributed by atoms with van der Waals surface area (Å²) in [5, 5.41) is 19.4. The number of hydrogen-bond donors (Lipinski definition) is 1. The third-order valence-electron chi connectivity index (χ3n) is 1.75.